The van der Waals surface area contributed by atoms with Crippen LogP contribution in [0.15, 0.2) is 45.8 Å². The summed E-state index contributed by atoms with van der Waals surface area (Å²) >= 11 is 3.20. The SMILES string of the molecule is COc1ccc(Br)cc1S(=O)(=O)Nc1cc(C(F)(F)F)ccc1N1CCOCC1. The Hall–Kier alpha value is -1.98. The second-order valence-corrected chi connectivity index (χ2v) is 8.80. The van der Waals surface area contributed by atoms with Gasteiger partial charge in [0.1, 0.15) is 10.6 Å². The molecule has 6 nitrogen and oxygen atoms in total. The molecule has 3 rings (SSSR count). The number of halogens is 4. The van der Waals surface area contributed by atoms with Gasteiger partial charge >= 0.3 is 6.18 Å². The van der Waals surface area contributed by atoms with Gasteiger partial charge in [0.05, 0.1) is 37.3 Å². The fourth-order valence-electron chi connectivity index (χ4n) is 2.93. The molecule has 0 amide bonds. The van der Waals surface area contributed by atoms with Gasteiger partial charge in [-0.1, -0.05) is 15.9 Å². The summed E-state index contributed by atoms with van der Waals surface area (Å²) < 4.78 is 78.8. The molecule has 1 aliphatic heterocycles. The van der Waals surface area contributed by atoms with E-state index in [1.807, 2.05) is 0 Å². The molecule has 0 unspecified atom stereocenters. The normalized spacial score (nSPS) is 15.3. The molecule has 0 aliphatic carbocycles. The molecule has 29 heavy (non-hydrogen) atoms. The van der Waals surface area contributed by atoms with Crippen LogP contribution in [0.5, 0.6) is 5.75 Å². The van der Waals surface area contributed by atoms with Crippen LogP contribution in [-0.2, 0) is 20.9 Å². The molecule has 158 valence electrons. The standard InChI is InChI=1S/C18H18BrF3N2O4S/c1-27-16-5-3-13(19)11-17(16)29(25,26)23-14-10-12(18(20,21)22)2-4-15(14)24-6-8-28-9-7-24/h2-5,10-11,23H,6-9H2,1H3. The van der Waals surface area contributed by atoms with Crippen molar-refractivity contribution in [3.05, 3.63) is 46.4 Å². The highest BCUT2D eigenvalue weighted by Crippen LogP contribution is 2.37. The number of morpholine rings is 1. The summed E-state index contributed by atoms with van der Waals surface area (Å²) in [7, 11) is -2.92. The summed E-state index contributed by atoms with van der Waals surface area (Å²) in [5.41, 5.74) is -0.768. The van der Waals surface area contributed by atoms with Crippen LogP contribution in [0.25, 0.3) is 0 Å². The van der Waals surface area contributed by atoms with Crippen molar-refractivity contribution in [3.8, 4) is 5.75 Å². The lowest BCUT2D eigenvalue weighted by atomic mass is 10.1. The number of ether oxygens (including phenoxy) is 2. The molecule has 1 saturated heterocycles. The number of hydrogen-bond donors (Lipinski definition) is 1. The predicted octanol–water partition coefficient (Wildman–Crippen LogP) is 4.11. The van der Waals surface area contributed by atoms with Crippen LogP contribution in [0.1, 0.15) is 5.56 Å². The van der Waals surface area contributed by atoms with Gasteiger partial charge in [-0.25, -0.2) is 8.42 Å². The van der Waals surface area contributed by atoms with Crippen molar-refractivity contribution in [1.29, 1.82) is 0 Å². The monoisotopic (exact) mass is 494 g/mol. The van der Waals surface area contributed by atoms with Crippen molar-refractivity contribution in [2.45, 2.75) is 11.1 Å². The van der Waals surface area contributed by atoms with E-state index in [2.05, 4.69) is 20.7 Å². The van der Waals surface area contributed by atoms with Gasteiger partial charge in [-0.3, -0.25) is 4.72 Å². The maximum atomic E-state index is 13.2. The van der Waals surface area contributed by atoms with Gasteiger partial charge in [-0.15, -0.1) is 0 Å². The number of nitrogens with one attached hydrogen (secondary N) is 1. The minimum Gasteiger partial charge on any atom is -0.495 e. The average molecular weight is 495 g/mol. The first-order valence-electron chi connectivity index (χ1n) is 8.52. The first-order valence-corrected chi connectivity index (χ1v) is 10.8. The number of rotatable bonds is 5. The highest BCUT2D eigenvalue weighted by Gasteiger charge is 2.32. The Bertz CT molecular complexity index is 993. The lowest BCUT2D eigenvalue weighted by Crippen LogP contribution is -2.36. The van der Waals surface area contributed by atoms with Crippen molar-refractivity contribution < 1.29 is 31.1 Å². The van der Waals surface area contributed by atoms with Crippen LogP contribution >= 0.6 is 15.9 Å². The number of nitrogens with zero attached hydrogens (tertiary/aromatic N) is 1. The quantitative estimate of drug-likeness (QED) is 0.677. The molecule has 1 heterocycles. The second-order valence-electron chi connectivity index (χ2n) is 6.23. The zero-order valence-corrected chi connectivity index (χ0v) is 17.7. The molecule has 11 heteroatoms. The van der Waals surface area contributed by atoms with Gasteiger partial charge in [0.2, 0.25) is 0 Å². The first kappa shape index (κ1) is 21.7. The third-order valence-electron chi connectivity index (χ3n) is 4.34. The molecule has 0 radical (unpaired) electrons. The van der Waals surface area contributed by atoms with Crippen LogP contribution in [0, 0.1) is 0 Å². The van der Waals surface area contributed by atoms with E-state index < -0.39 is 21.8 Å². The summed E-state index contributed by atoms with van der Waals surface area (Å²) in [5, 5.41) is 0. The van der Waals surface area contributed by atoms with Crippen molar-refractivity contribution in [2.24, 2.45) is 0 Å². The predicted molar refractivity (Wildman–Crippen MR) is 106 cm³/mol. The van der Waals surface area contributed by atoms with Crippen molar-refractivity contribution >= 4 is 37.3 Å². The Morgan fingerprint density at radius 1 is 1.14 bits per heavy atom. The van der Waals surface area contributed by atoms with Gasteiger partial charge in [0.15, 0.2) is 0 Å². The number of benzene rings is 2. The minimum absolute atomic E-state index is 0.0700. The molecule has 0 saturated carbocycles. The summed E-state index contributed by atoms with van der Waals surface area (Å²) in [5.74, 6) is 0.0700. The van der Waals surface area contributed by atoms with Gasteiger partial charge in [-0.05, 0) is 36.4 Å². The van der Waals surface area contributed by atoms with Gasteiger partial charge in [-0.2, -0.15) is 13.2 Å². The Morgan fingerprint density at radius 3 is 2.45 bits per heavy atom. The topological polar surface area (TPSA) is 67.9 Å². The Kier molecular flexibility index (Phi) is 6.30. The Balaban J connectivity index is 2.07. The van der Waals surface area contributed by atoms with E-state index in [0.717, 1.165) is 12.1 Å². The molecule has 1 aliphatic rings. The number of anilines is 2. The summed E-state index contributed by atoms with van der Waals surface area (Å²) in [4.78, 5) is 1.58. The van der Waals surface area contributed by atoms with E-state index in [1.54, 1.807) is 11.0 Å². The highest BCUT2D eigenvalue weighted by molar-refractivity contribution is 9.10. The smallest absolute Gasteiger partial charge is 0.416 e. The maximum Gasteiger partial charge on any atom is 0.416 e. The van der Waals surface area contributed by atoms with Gasteiger partial charge < -0.3 is 14.4 Å². The van der Waals surface area contributed by atoms with Crippen molar-refractivity contribution in [2.75, 3.05) is 43.0 Å². The molecule has 2 aromatic carbocycles. The van der Waals surface area contributed by atoms with Crippen LogP contribution in [0.3, 0.4) is 0 Å². The van der Waals surface area contributed by atoms with Gasteiger partial charge in [0.25, 0.3) is 10.0 Å². The van der Waals surface area contributed by atoms with Crippen LogP contribution in [-0.4, -0.2) is 41.8 Å². The van der Waals surface area contributed by atoms with Crippen molar-refractivity contribution in [3.63, 3.8) is 0 Å². The number of hydrogen-bond acceptors (Lipinski definition) is 5. The van der Waals surface area contributed by atoms with E-state index in [-0.39, 0.29) is 16.3 Å². The lowest BCUT2D eigenvalue weighted by Gasteiger charge is -2.31. The van der Waals surface area contributed by atoms with E-state index in [9.17, 15) is 21.6 Å². The molecule has 0 atom stereocenters. The van der Waals surface area contributed by atoms with E-state index in [1.165, 1.54) is 25.3 Å². The lowest BCUT2D eigenvalue weighted by molar-refractivity contribution is -0.137. The second kappa shape index (κ2) is 8.41. The third-order valence-corrected chi connectivity index (χ3v) is 6.22. The van der Waals surface area contributed by atoms with Crippen LogP contribution in [0.4, 0.5) is 24.5 Å². The summed E-state index contributed by atoms with van der Waals surface area (Å²) in [6.07, 6.45) is -4.61. The summed E-state index contributed by atoms with van der Waals surface area (Å²) in [6, 6.07) is 7.37. The van der Waals surface area contributed by atoms with Gasteiger partial charge in [0, 0.05) is 17.6 Å². The van der Waals surface area contributed by atoms with Crippen molar-refractivity contribution in [1.82, 2.24) is 0 Å². The first-order chi connectivity index (χ1) is 13.6. The zero-order chi connectivity index (χ0) is 21.2. The van der Waals surface area contributed by atoms with E-state index >= 15 is 0 Å². The number of methoxy groups -OCH3 is 1. The molecule has 2 aromatic rings. The molecule has 0 spiro atoms. The Morgan fingerprint density at radius 2 is 1.83 bits per heavy atom. The van der Waals surface area contributed by atoms with E-state index in [0.29, 0.717) is 36.5 Å². The maximum absolute atomic E-state index is 13.2. The molecular formula is C18H18BrF3N2O4S. The molecule has 1 N–H and O–H groups in total. The number of sulfonamides is 1. The summed E-state index contributed by atoms with van der Waals surface area (Å²) in [6.45, 7) is 1.65. The number of alkyl halides is 3. The van der Waals surface area contributed by atoms with Crippen LogP contribution < -0.4 is 14.4 Å². The molecule has 0 aromatic heterocycles. The molecule has 0 bridgehead atoms. The third kappa shape index (κ3) is 4.96. The fraction of sp³-hybridized carbons (Fsp3) is 0.333. The minimum atomic E-state index is -4.61. The highest BCUT2D eigenvalue weighted by atomic mass is 79.9. The zero-order valence-electron chi connectivity index (χ0n) is 15.3. The van der Waals surface area contributed by atoms with E-state index in [4.69, 9.17) is 9.47 Å². The average Bonchev–Trinajstić information content (AvgIpc) is 2.67. The van der Waals surface area contributed by atoms with Crippen LogP contribution in [0.2, 0.25) is 0 Å². The fourth-order valence-corrected chi connectivity index (χ4v) is 4.71. The molecule has 1 fully saturated rings. The largest absolute Gasteiger partial charge is 0.495 e. The Labute approximate surface area is 174 Å². The molecular weight excluding hydrogens is 477 g/mol.